The minimum Gasteiger partial charge on any atom is -0.312 e. The van der Waals surface area contributed by atoms with E-state index in [1.54, 1.807) is 0 Å². The Balaban J connectivity index is 2.95. The van der Waals surface area contributed by atoms with Crippen molar-refractivity contribution < 1.29 is 0 Å². The molecule has 0 amide bonds. The van der Waals surface area contributed by atoms with Crippen LogP contribution in [0.5, 0.6) is 0 Å². The number of nitrogens with two attached hydrogens (primary N) is 2. The maximum Gasteiger partial charge on any atom is 0.0784 e. The molecule has 0 aromatic heterocycles. The van der Waals surface area contributed by atoms with Crippen LogP contribution in [0.15, 0.2) is 46.1 Å². The zero-order valence-corrected chi connectivity index (χ0v) is 12.1. The summed E-state index contributed by atoms with van der Waals surface area (Å²) in [5.41, 5.74) is 18.1. The van der Waals surface area contributed by atoms with Gasteiger partial charge in [0.05, 0.1) is 6.17 Å². The van der Waals surface area contributed by atoms with E-state index in [0.29, 0.717) is 0 Å². The number of hydrogen-bond donors (Lipinski definition) is 2. The van der Waals surface area contributed by atoms with Gasteiger partial charge in [0, 0.05) is 0 Å². The minimum absolute atomic E-state index is 0.360. The maximum absolute atomic E-state index is 5.81. The lowest BCUT2D eigenvalue weighted by Gasteiger charge is -2.20. The first-order valence-electron chi connectivity index (χ1n) is 6.71. The Morgan fingerprint density at radius 1 is 1.28 bits per heavy atom. The smallest absolute Gasteiger partial charge is 0.0784 e. The molecule has 0 saturated carbocycles. The Morgan fingerprint density at radius 2 is 1.94 bits per heavy atom. The largest absolute Gasteiger partial charge is 0.312 e. The summed E-state index contributed by atoms with van der Waals surface area (Å²) in [6.45, 7) is 8.61. The van der Waals surface area contributed by atoms with Crippen molar-refractivity contribution in [2.24, 2.45) is 11.5 Å². The molecule has 4 N–H and O–H groups in total. The standard InChI is InChI=1S/C16H26N2/c1-5-11(2)6-7-12(3)14-9-8-13(4)15(10-14)16(17)18/h6-7,10,16H,5,8-9,17-18H2,1-4H3/b11-6+,12-7+. The van der Waals surface area contributed by atoms with Gasteiger partial charge in [0.2, 0.25) is 0 Å². The summed E-state index contributed by atoms with van der Waals surface area (Å²) in [5.74, 6) is 0. The van der Waals surface area contributed by atoms with Crippen LogP contribution in [0.1, 0.15) is 47.0 Å². The van der Waals surface area contributed by atoms with Crippen molar-refractivity contribution in [2.75, 3.05) is 0 Å². The predicted octanol–water partition coefficient (Wildman–Crippen LogP) is 3.57. The van der Waals surface area contributed by atoms with Crippen molar-refractivity contribution in [3.63, 3.8) is 0 Å². The molecule has 0 heterocycles. The molecule has 0 radical (unpaired) electrons. The first kappa shape index (κ1) is 14.9. The van der Waals surface area contributed by atoms with Gasteiger partial charge in [-0.1, -0.05) is 36.3 Å². The first-order valence-corrected chi connectivity index (χ1v) is 6.71. The third-order valence-corrected chi connectivity index (χ3v) is 3.63. The molecule has 0 unspecified atom stereocenters. The maximum atomic E-state index is 5.81. The molecule has 0 aliphatic heterocycles. The SMILES string of the molecule is CC/C(C)=C/C=C(\C)C1=CC(C(N)N)=C(C)CC1. The summed E-state index contributed by atoms with van der Waals surface area (Å²) < 4.78 is 0. The van der Waals surface area contributed by atoms with E-state index in [2.05, 4.69) is 45.9 Å². The summed E-state index contributed by atoms with van der Waals surface area (Å²) >= 11 is 0. The Hall–Kier alpha value is -1.12. The molecular formula is C16H26N2. The summed E-state index contributed by atoms with van der Waals surface area (Å²) in [7, 11) is 0. The first-order chi connectivity index (χ1) is 8.45. The zero-order valence-electron chi connectivity index (χ0n) is 12.1. The van der Waals surface area contributed by atoms with Crippen molar-refractivity contribution in [1.82, 2.24) is 0 Å². The fourth-order valence-corrected chi connectivity index (χ4v) is 2.03. The average Bonchev–Trinajstić information content (AvgIpc) is 2.35. The van der Waals surface area contributed by atoms with E-state index in [1.807, 2.05) is 0 Å². The van der Waals surface area contributed by atoms with Gasteiger partial charge in [-0.15, -0.1) is 0 Å². The van der Waals surface area contributed by atoms with E-state index in [-0.39, 0.29) is 6.17 Å². The highest BCUT2D eigenvalue weighted by atomic mass is 14.8. The quantitative estimate of drug-likeness (QED) is 0.588. The minimum atomic E-state index is -0.360. The molecular weight excluding hydrogens is 220 g/mol. The van der Waals surface area contributed by atoms with Crippen LogP contribution >= 0.6 is 0 Å². The molecule has 0 atom stereocenters. The molecule has 1 aliphatic carbocycles. The summed E-state index contributed by atoms with van der Waals surface area (Å²) in [6, 6.07) is 0. The highest BCUT2D eigenvalue weighted by Gasteiger charge is 2.14. The molecule has 0 bridgehead atoms. The van der Waals surface area contributed by atoms with Gasteiger partial charge in [0.1, 0.15) is 0 Å². The molecule has 2 nitrogen and oxygen atoms in total. The van der Waals surface area contributed by atoms with Gasteiger partial charge in [0.25, 0.3) is 0 Å². The molecule has 100 valence electrons. The van der Waals surface area contributed by atoms with E-state index in [4.69, 9.17) is 11.5 Å². The van der Waals surface area contributed by atoms with E-state index < -0.39 is 0 Å². The van der Waals surface area contributed by atoms with Crippen LogP contribution in [-0.4, -0.2) is 6.17 Å². The van der Waals surface area contributed by atoms with Gasteiger partial charge in [-0.05, 0) is 56.8 Å². The van der Waals surface area contributed by atoms with Crippen molar-refractivity contribution in [3.05, 3.63) is 46.1 Å². The van der Waals surface area contributed by atoms with Crippen LogP contribution in [0.3, 0.4) is 0 Å². The van der Waals surface area contributed by atoms with Crippen LogP contribution in [0.2, 0.25) is 0 Å². The summed E-state index contributed by atoms with van der Waals surface area (Å²) in [4.78, 5) is 0. The molecule has 0 fully saturated rings. The van der Waals surface area contributed by atoms with Crippen molar-refractivity contribution in [2.45, 2.75) is 53.1 Å². The fraction of sp³-hybridized carbons (Fsp3) is 0.500. The van der Waals surface area contributed by atoms with Gasteiger partial charge >= 0.3 is 0 Å². The highest BCUT2D eigenvalue weighted by Crippen LogP contribution is 2.28. The van der Waals surface area contributed by atoms with E-state index in [1.165, 1.54) is 22.3 Å². The summed E-state index contributed by atoms with van der Waals surface area (Å²) in [5, 5.41) is 0. The Labute approximate surface area is 111 Å². The lowest BCUT2D eigenvalue weighted by molar-refractivity contribution is 0.782. The van der Waals surface area contributed by atoms with Crippen LogP contribution in [0.25, 0.3) is 0 Å². The van der Waals surface area contributed by atoms with Crippen LogP contribution in [0.4, 0.5) is 0 Å². The van der Waals surface area contributed by atoms with Crippen molar-refractivity contribution in [3.8, 4) is 0 Å². The Morgan fingerprint density at radius 3 is 2.50 bits per heavy atom. The molecule has 1 aliphatic rings. The summed E-state index contributed by atoms with van der Waals surface area (Å²) in [6.07, 6.45) is 9.46. The van der Waals surface area contributed by atoms with Gasteiger partial charge in [-0.3, -0.25) is 0 Å². The molecule has 0 aromatic carbocycles. The lowest BCUT2D eigenvalue weighted by atomic mass is 9.88. The second kappa shape index (κ2) is 6.72. The van der Waals surface area contributed by atoms with Crippen LogP contribution < -0.4 is 11.5 Å². The van der Waals surface area contributed by atoms with Gasteiger partial charge in [-0.25, -0.2) is 0 Å². The molecule has 18 heavy (non-hydrogen) atoms. The van der Waals surface area contributed by atoms with Gasteiger partial charge < -0.3 is 11.5 Å². The van der Waals surface area contributed by atoms with Gasteiger partial charge in [-0.2, -0.15) is 0 Å². The molecule has 0 saturated heterocycles. The van der Waals surface area contributed by atoms with Crippen molar-refractivity contribution in [1.29, 1.82) is 0 Å². The van der Waals surface area contributed by atoms with Crippen LogP contribution in [-0.2, 0) is 0 Å². The monoisotopic (exact) mass is 246 g/mol. The third-order valence-electron chi connectivity index (χ3n) is 3.63. The second-order valence-corrected chi connectivity index (χ2v) is 5.15. The highest BCUT2D eigenvalue weighted by molar-refractivity contribution is 5.44. The molecule has 0 aromatic rings. The zero-order chi connectivity index (χ0) is 13.7. The Kier molecular flexibility index (Phi) is 5.57. The van der Waals surface area contributed by atoms with Crippen molar-refractivity contribution >= 4 is 0 Å². The molecule has 2 heteroatoms. The number of allylic oxidation sites excluding steroid dienone is 6. The van der Waals surface area contributed by atoms with E-state index in [0.717, 1.165) is 24.8 Å². The normalized spacial score (nSPS) is 18.5. The van der Waals surface area contributed by atoms with Gasteiger partial charge in [0.15, 0.2) is 0 Å². The number of rotatable bonds is 4. The second-order valence-electron chi connectivity index (χ2n) is 5.15. The number of hydrogen-bond acceptors (Lipinski definition) is 2. The Bertz CT molecular complexity index is 420. The average molecular weight is 246 g/mol. The molecule has 0 spiro atoms. The fourth-order valence-electron chi connectivity index (χ4n) is 2.03. The van der Waals surface area contributed by atoms with Crippen LogP contribution in [0, 0.1) is 0 Å². The third kappa shape index (κ3) is 3.97. The van der Waals surface area contributed by atoms with E-state index >= 15 is 0 Å². The predicted molar refractivity (Wildman–Crippen MR) is 80.0 cm³/mol. The topological polar surface area (TPSA) is 52.0 Å². The van der Waals surface area contributed by atoms with E-state index in [9.17, 15) is 0 Å². The lowest BCUT2D eigenvalue weighted by Crippen LogP contribution is -2.33. The molecule has 1 rings (SSSR count).